The Morgan fingerprint density at radius 2 is 1.05 bits per heavy atom. The summed E-state index contributed by atoms with van der Waals surface area (Å²) in [5.41, 5.74) is -13.0. The van der Waals surface area contributed by atoms with Gasteiger partial charge >= 0.3 is 17.4 Å². The molecule has 0 aliphatic heterocycles. The Kier molecular flexibility index (Phi) is 6.08. The van der Waals surface area contributed by atoms with E-state index in [1.165, 1.54) is 0 Å². The van der Waals surface area contributed by atoms with Crippen LogP contribution in [0.5, 0.6) is 0 Å². The van der Waals surface area contributed by atoms with Crippen LogP contribution in [0.3, 0.4) is 0 Å². The van der Waals surface area contributed by atoms with Gasteiger partial charge in [0.05, 0.1) is 12.0 Å². The van der Waals surface area contributed by atoms with Crippen LogP contribution >= 0.6 is 12.0 Å². The molecule has 0 atom stereocenters. The second-order valence-electron chi connectivity index (χ2n) is 2.96. The summed E-state index contributed by atoms with van der Waals surface area (Å²) in [4.78, 5) is 2.27. The lowest BCUT2D eigenvalue weighted by molar-refractivity contribution is -0.440. The molecule has 0 aliphatic rings. The molecule has 0 fully saturated rings. The zero-order valence-electron chi connectivity index (χ0n) is 9.15. The van der Waals surface area contributed by atoms with E-state index in [2.05, 4.69) is 9.22 Å². The molecule has 134 valence electrons. The molecule has 0 heterocycles. The van der Waals surface area contributed by atoms with E-state index in [-0.39, 0.29) is 0 Å². The van der Waals surface area contributed by atoms with Crippen molar-refractivity contribution in [3.63, 3.8) is 0 Å². The van der Waals surface area contributed by atoms with Crippen LogP contribution in [0, 0.1) is 0 Å². The average molecular weight is 412 g/mol. The lowest BCUT2D eigenvalue weighted by Crippen LogP contribution is -2.43. The fourth-order valence-corrected chi connectivity index (χ4v) is 4.86. The normalized spacial score (nSPS) is 15.4. The third-order valence-corrected chi connectivity index (χ3v) is 7.52. The largest absolute Gasteiger partial charge is 0.550 e. The Morgan fingerprint density at radius 3 is 1.27 bits per heavy atom. The van der Waals surface area contributed by atoms with Crippen LogP contribution < -0.4 is 0 Å². The van der Waals surface area contributed by atoms with Crippen molar-refractivity contribution in [1.82, 2.24) is 0 Å². The van der Waals surface area contributed by atoms with E-state index in [0.717, 1.165) is 0 Å². The van der Waals surface area contributed by atoms with Crippen LogP contribution in [0.4, 0.5) is 39.5 Å². The first-order chi connectivity index (χ1) is 9.34. The van der Waals surface area contributed by atoms with Crippen molar-refractivity contribution in [1.29, 1.82) is 0 Å². The fraction of sp³-hybridized carbons (Fsp3) is 1.00. The maximum absolute atomic E-state index is 12.1. The first-order valence-electron chi connectivity index (χ1n) is 4.02. The molecule has 0 aromatic rings. The number of alkyl halides is 9. The maximum Gasteiger partial charge on any atom is 0.550 e. The first-order valence-corrected chi connectivity index (χ1v) is 7.92. The summed E-state index contributed by atoms with van der Waals surface area (Å²) < 4.78 is 148. The van der Waals surface area contributed by atoms with Crippen LogP contribution in [0.2, 0.25) is 0 Å². The van der Waals surface area contributed by atoms with Gasteiger partial charge in [-0.25, -0.2) is 16.8 Å². The number of halogens is 9. The molecule has 18 heteroatoms. The molecule has 0 saturated carbocycles. The van der Waals surface area contributed by atoms with E-state index in [1.54, 1.807) is 0 Å². The van der Waals surface area contributed by atoms with Crippen molar-refractivity contribution in [3.8, 4) is 0 Å². The monoisotopic (exact) mass is 412 g/mol. The number of hydrogen-bond donors (Lipinski definition) is 0. The van der Waals surface area contributed by atoms with Crippen molar-refractivity contribution in [2.45, 2.75) is 21.3 Å². The van der Waals surface area contributed by atoms with Gasteiger partial charge in [-0.05, 0) is 0 Å². The lowest BCUT2D eigenvalue weighted by Gasteiger charge is -2.19. The van der Waals surface area contributed by atoms with E-state index in [1.807, 2.05) is 0 Å². The standard InChI is InChI=1S/C4HF9O6S3/c5-2(6,7)18-19-20-1(21(14,15)3(8,9)10)22(16,17)4(11,12)13/h1H. The van der Waals surface area contributed by atoms with Crippen molar-refractivity contribution in [2.24, 2.45) is 0 Å². The average Bonchev–Trinajstić information content (AvgIpc) is 2.18. The van der Waals surface area contributed by atoms with Gasteiger partial charge in [0, 0.05) is 0 Å². The summed E-state index contributed by atoms with van der Waals surface area (Å²) in [6.45, 7) is 0. The van der Waals surface area contributed by atoms with Crippen molar-refractivity contribution < 1.29 is 65.6 Å². The molecule has 0 radical (unpaired) electrons. The predicted octanol–water partition coefficient (Wildman–Crippen LogP) is 2.26. The SMILES string of the molecule is O=S(=O)(C(SOOC(F)(F)F)S(=O)(=O)C(F)(F)F)C(F)(F)F. The minimum atomic E-state index is -7.11. The third-order valence-electron chi connectivity index (χ3n) is 1.40. The van der Waals surface area contributed by atoms with Gasteiger partial charge in [0.1, 0.15) is 0 Å². The molecule has 0 rings (SSSR count). The zero-order chi connectivity index (χ0) is 18.2. The van der Waals surface area contributed by atoms with E-state index in [4.69, 9.17) is 0 Å². The molecule has 0 saturated heterocycles. The molecular formula is C4HF9O6S3. The number of sulfone groups is 2. The van der Waals surface area contributed by atoms with E-state index < -0.39 is 53.0 Å². The Balaban J connectivity index is 5.76. The molecule has 6 nitrogen and oxygen atoms in total. The topological polar surface area (TPSA) is 86.7 Å². The highest BCUT2D eigenvalue weighted by atomic mass is 32.3. The quantitative estimate of drug-likeness (QED) is 0.296. The van der Waals surface area contributed by atoms with Crippen LogP contribution in [-0.4, -0.2) is 38.1 Å². The second kappa shape index (κ2) is 6.21. The summed E-state index contributed by atoms with van der Waals surface area (Å²) in [6, 6.07) is 0. The highest BCUT2D eigenvalue weighted by Crippen LogP contribution is 2.41. The van der Waals surface area contributed by atoms with E-state index in [9.17, 15) is 56.3 Å². The summed E-state index contributed by atoms with van der Waals surface area (Å²) in [6.07, 6.45) is -5.75. The first kappa shape index (κ1) is 21.5. The van der Waals surface area contributed by atoms with E-state index >= 15 is 0 Å². The summed E-state index contributed by atoms with van der Waals surface area (Å²) in [7, 11) is -14.2. The third kappa shape index (κ3) is 5.03. The molecule has 0 unspecified atom stereocenters. The van der Waals surface area contributed by atoms with Crippen LogP contribution in [-0.2, 0) is 28.9 Å². The second-order valence-corrected chi connectivity index (χ2v) is 8.71. The Labute approximate surface area is 119 Å². The van der Waals surface area contributed by atoms with Gasteiger partial charge in [-0.15, -0.1) is 18.1 Å². The highest BCUT2D eigenvalue weighted by Gasteiger charge is 2.64. The summed E-state index contributed by atoms with van der Waals surface area (Å²) >= 11 is -1.84. The highest BCUT2D eigenvalue weighted by molar-refractivity contribution is 8.26. The molecule has 0 bridgehead atoms. The van der Waals surface area contributed by atoms with Crippen LogP contribution in [0.1, 0.15) is 0 Å². The predicted molar refractivity (Wildman–Crippen MR) is 49.6 cm³/mol. The van der Waals surface area contributed by atoms with Gasteiger partial charge in [0.15, 0.2) is 0 Å². The fourth-order valence-electron chi connectivity index (χ4n) is 0.579. The molecule has 0 aromatic carbocycles. The molecule has 0 aromatic heterocycles. The van der Waals surface area contributed by atoms with Crippen LogP contribution in [0.15, 0.2) is 0 Å². The van der Waals surface area contributed by atoms with Gasteiger partial charge < -0.3 is 0 Å². The van der Waals surface area contributed by atoms with Gasteiger partial charge in [0.25, 0.3) is 23.6 Å². The van der Waals surface area contributed by atoms with Crippen molar-refractivity contribution >= 4 is 31.7 Å². The van der Waals surface area contributed by atoms with Gasteiger partial charge in [-0.3, -0.25) is 0 Å². The Hall–Kier alpha value is -0.460. The summed E-state index contributed by atoms with van der Waals surface area (Å²) in [5.74, 6) is 0. The lowest BCUT2D eigenvalue weighted by atomic mass is 11.4. The summed E-state index contributed by atoms with van der Waals surface area (Å²) in [5, 5.41) is 0. The molecule has 22 heavy (non-hydrogen) atoms. The Bertz CT molecular complexity index is 538. The minimum Gasteiger partial charge on any atom is -0.217 e. The van der Waals surface area contributed by atoms with Gasteiger partial charge in [-0.1, -0.05) is 0 Å². The van der Waals surface area contributed by atoms with Gasteiger partial charge in [0.2, 0.25) is 0 Å². The Morgan fingerprint density at radius 1 is 0.727 bits per heavy atom. The van der Waals surface area contributed by atoms with Gasteiger partial charge in [-0.2, -0.15) is 30.7 Å². The molecule has 0 spiro atoms. The molecular weight excluding hydrogens is 411 g/mol. The van der Waals surface area contributed by atoms with Crippen molar-refractivity contribution in [2.75, 3.05) is 0 Å². The van der Waals surface area contributed by atoms with Crippen LogP contribution in [0.25, 0.3) is 0 Å². The smallest absolute Gasteiger partial charge is 0.217 e. The molecule has 0 amide bonds. The number of rotatable bonds is 5. The van der Waals surface area contributed by atoms with E-state index in [0.29, 0.717) is 0 Å². The molecule has 0 N–H and O–H groups in total. The van der Waals surface area contributed by atoms with Crippen molar-refractivity contribution in [3.05, 3.63) is 0 Å². The maximum atomic E-state index is 12.1. The zero-order valence-corrected chi connectivity index (χ0v) is 11.6. The minimum absolute atomic E-state index is 1.84. The number of hydrogen-bond acceptors (Lipinski definition) is 7. The molecule has 0 aliphatic carbocycles.